The van der Waals surface area contributed by atoms with Gasteiger partial charge in [-0.15, -0.1) is 0 Å². The van der Waals surface area contributed by atoms with Gasteiger partial charge in [0.05, 0.1) is 16.8 Å². The second-order valence-corrected chi connectivity index (χ2v) is 1.20. The Morgan fingerprint density at radius 2 is 1.44 bits per heavy atom. The van der Waals surface area contributed by atoms with Crippen LogP contribution in [0.3, 0.4) is 0 Å². The number of nitrogens with zero attached hydrogens (tertiary/aromatic N) is 2. The molecule has 0 spiro atoms. The monoisotopic (exact) mass is 160 g/mol. The Balaban J connectivity index is 0. The van der Waals surface area contributed by atoms with Crippen molar-refractivity contribution in [3.8, 4) is 0 Å². The number of hydrogen-bond acceptors (Lipinski definition) is 4. The summed E-state index contributed by atoms with van der Waals surface area (Å²) in [5, 5.41) is 19.0. The third-order valence-electron chi connectivity index (χ3n) is 0.610. The molecule has 0 heterocycles. The first kappa shape index (κ1) is 12.1. The summed E-state index contributed by atoms with van der Waals surface area (Å²) in [7, 11) is 0. The molecule has 0 fully saturated rings. The topological polar surface area (TPSA) is 86.3 Å². The van der Waals surface area contributed by atoms with Crippen molar-refractivity contribution in [3.05, 3.63) is 20.2 Å². The van der Waals surface area contributed by atoms with Crippen LogP contribution in [0.25, 0.3) is 0 Å². The Morgan fingerprint density at radius 3 is 1.44 bits per heavy atom. The predicted octanol–water partition coefficient (Wildman–Crippen LogP) is -0.763. The van der Waals surface area contributed by atoms with E-state index in [2.05, 4.69) is 0 Å². The van der Waals surface area contributed by atoms with E-state index < -0.39 is 16.0 Å². The standard InChI is InChI=1S/C2H4N2O4.K.H/c1-2(3(5)6)4(7)8;;/h2H,1H3;;. The van der Waals surface area contributed by atoms with Crippen LogP contribution in [0, 0.1) is 20.2 Å². The first-order valence-corrected chi connectivity index (χ1v) is 1.82. The van der Waals surface area contributed by atoms with Crippen LogP contribution in [0.1, 0.15) is 6.92 Å². The average molecular weight is 160 g/mol. The Labute approximate surface area is 93.3 Å². The van der Waals surface area contributed by atoms with E-state index in [-0.39, 0.29) is 51.4 Å². The summed E-state index contributed by atoms with van der Waals surface area (Å²) in [5.74, 6) is 0. The molecule has 48 valence electrons. The molecule has 0 saturated carbocycles. The molecule has 0 amide bonds. The number of nitro groups is 2. The zero-order valence-corrected chi connectivity index (χ0v) is 4.10. The molecule has 0 saturated heterocycles. The second kappa shape index (κ2) is 5.24. The van der Waals surface area contributed by atoms with Crippen molar-refractivity contribution in [2.75, 3.05) is 0 Å². The van der Waals surface area contributed by atoms with Gasteiger partial charge >= 0.3 is 57.6 Å². The molecular formula is C2H5KN2O4. The van der Waals surface area contributed by atoms with Crippen LogP contribution in [0.5, 0.6) is 0 Å². The summed E-state index contributed by atoms with van der Waals surface area (Å²) >= 11 is 0. The van der Waals surface area contributed by atoms with E-state index in [9.17, 15) is 20.2 Å². The van der Waals surface area contributed by atoms with Crippen LogP contribution < -0.4 is 0 Å². The molecule has 0 aliphatic carbocycles. The predicted molar refractivity (Wildman–Crippen MR) is 30.6 cm³/mol. The van der Waals surface area contributed by atoms with Crippen LogP contribution in [0.15, 0.2) is 0 Å². The molecule has 0 rings (SSSR count). The van der Waals surface area contributed by atoms with E-state index in [1.165, 1.54) is 0 Å². The summed E-state index contributed by atoms with van der Waals surface area (Å²) in [6, 6.07) is 0. The van der Waals surface area contributed by atoms with Gasteiger partial charge in [0.15, 0.2) is 0 Å². The van der Waals surface area contributed by atoms with Gasteiger partial charge in [0.2, 0.25) is 0 Å². The van der Waals surface area contributed by atoms with Gasteiger partial charge in [-0.05, 0) is 0 Å². The Bertz CT molecular complexity index is 112. The summed E-state index contributed by atoms with van der Waals surface area (Å²) in [6.07, 6.45) is -1.69. The Morgan fingerprint density at radius 1 is 1.22 bits per heavy atom. The van der Waals surface area contributed by atoms with Gasteiger partial charge in [-0.25, -0.2) is 0 Å². The Kier molecular flexibility index (Phi) is 7.07. The van der Waals surface area contributed by atoms with Crippen molar-refractivity contribution < 1.29 is 9.85 Å². The van der Waals surface area contributed by atoms with Crippen molar-refractivity contribution in [1.82, 2.24) is 0 Å². The zero-order valence-electron chi connectivity index (χ0n) is 4.10. The molecular weight excluding hydrogens is 155 g/mol. The van der Waals surface area contributed by atoms with Crippen LogP contribution in [-0.2, 0) is 0 Å². The van der Waals surface area contributed by atoms with Crippen LogP contribution in [-0.4, -0.2) is 67.4 Å². The van der Waals surface area contributed by atoms with Gasteiger partial charge in [-0.3, -0.25) is 20.2 Å². The third-order valence-corrected chi connectivity index (χ3v) is 0.610. The zero-order chi connectivity index (χ0) is 6.73. The van der Waals surface area contributed by atoms with Gasteiger partial charge in [-0.1, -0.05) is 0 Å². The first-order valence-electron chi connectivity index (χ1n) is 1.82. The van der Waals surface area contributed by atoms with Crippen molar-refractivity contribution in [3.63, 3.8) is 0 Å². The number of rotatable bonds is 2. The minimum absolute atomic E-state index is 0. The second-order valence-electron chi connectivity index (χ2n) is 1.20. The van der Waals surface area contributed by atoms with E-state index in [1.54, 1.807) is 0 Å². The molecule has 0 aromatic rings. The fraction of sp³-hybridized carbons (Fsp3) is 1.00. The molecule has 0 atom stereocenters. The molecule has 9 heavy (non-hydrogen) atoms. The quantitative estimate of drug-likeness (QED) is 0.230. The van der Waals surface area contributed by atoms with Crippen molar-refractivity contribution in [2.24, 2.45) is 0 Å². The van der Waals surface area contributed by atoms with Crippen molar-refractivity contribution in [1.29, 1.82) is 0 Å². The van der Waals surface area contributed by atoms with Gasteiger partial charge in [0.25, 0.3) is 0 Å². The molecule has 0 aromatic heterocycles. The van der Waals surface area contributed by atoms with E-state index in [1.807, 2.05) is 0 Å². The van der Waals surface area contributed by atoms with E-state index in [0.717, 1.165) is 6.92 Å². The Hall–Kier alpha value is 0.436. The minimum atomic E-state index is -1.69. The molecule has 0 aliphatic heterocycles. The van der Waals surface area contributed by atoms with Crippen molar-refractivity contribution in [2.45, 2.75) is 13.1 Å². The summed E-state index contributed by atoms with van der Waals surface area (Å²) in [5.41, 5.74) is 0. The molecule has 0 aromatic carbocycles. The fourth-order valence-corrected chi connectivity index (χ4v) is 0.0770. The summed E-state index contributed by atoms with van der Waals surface area (Å²) in [6.45, 7) is 0.917. The molecule has 0 radical (unpaired) electrons. The van der Waals surface area contributed by atoms with Gasteiger partial charge in [-0.2, -0.15) is 0 Å². The van der Waals surface area contributed by atoms with Crippen LogP contribution >= 0.6 is 0 Å². The number of hydrogen-bond donors (Lipinski definition) is 0. The average Bonchev–Trinajstić information content (AvgIpc) is 1.64. The third kappa shape index (κ3) is 4.91. The molecule has 0 aliphatic rings. The molecule has 0 unspecified atom stereocenters. The van der Waals surface area contributed by atoms with Gasteiger partial charge < -0.3 is 0 Å². The molecule has 0 bridgehead atoms. The first-order chi connectivity index (χ1) is 3.55. The fourth-order valence-electron chi connectivity index (χ4n) is 0.0770. The van der Waals surface area contributed by atoms with E-state index in [0.29, 0.717) is 0 Å². The van der Waals surface area contributed by atoms with Gasteiger partial charge in [0, 0.05) is 0 Å². The normalized spacial score (nSPS) is 8.22. The van der Waals surface area contributed by atoms with E-state index in [4.69, 9.17) is 0 Å². The van der Waals surface area contributed by atoms with E-state index >= 15 is 0 Å². The maximum absolute atomic E-state index is 9.50. The molecule has 6 nitrogen and oxygen atoms in total. The molecule has 7 heteroatoms. The van der Waals surface area contributed by atoms with Crippen molar-refractivity contribution >= 4 is 51.4 Å². The van der Waals surface area contributed by atoms with Crippen LogP contribution in [0.4, 0.5) is 0 Å². The summed E-state index contributed by atoms with van der Waals surface area (Å²) in [4.78, 5) is 17.1. The van der Waals surface area contributed by atoms with Gasteiger partial charge in [0.1, 0.15) is 0 Å². The maximum atomic E-state index is 9.50. The summed E-state index contributed by atoms with van der Waals surface area (Å²) < 4.78 is 0. The van der Waals surface area contributed by atoms with Crippen LogP contribution in [0.2, 0.25) is 0 Å². The SMILES string of the molecule is CC([N+](=O)[O-])[N+](=O)[O-].[KH]. The molecule has 0 N–H and O–H groups in total.